The number of alkyl halides is 1. The van der Waals surface area contributed by atoms with E-state index in [1.165, 1.54) is 0 Å². The van der Waals surface area contributed by atoms with E-state index in [4.69, 9.17) is 11.6 Å². The lowest BCUT2D eigenvalue weighted by molar-refractivity contribution is 0.102. The molecule has 0 radical (unpaired) electrons. The molecule has 0 spiro atoms. The summed E-state index contributed by atoms with van der Waals surface area (Å²) in [4.78, 5) is 21.8. The molecule has 2 N–H and O–H groups in total. The van der Waals surface area contributed by atoms with Crippen LogP contribution in [0.5, 0.6) is 0 Å². The Morgan fingerprint density at radius 1 is 0.971 bits per heavy atom. The average molecular weight is 468 g/mol. The van der Waals surface area contributed by atoms with Gasteiger partial charge in [-0.15, -0.1) is 11.6 Å². The number of nitrogens with zero attached hydrogens (tertiary/aromatic N) is 3. The summed E-state index contributed by atoms with van der Waals surface area (Å²) in [6, 6.07) is 21.3. The maximum absolute atomic E-state index is 13.2. The average Bonchev–Trinajstić information content (AvgIpc) is 3.31. The number of aromatic nitrogens is 4. The highest BCUT2D eigenvalue weighted by molar-refractivity contribution is 6.17. The number of aromatic amines is 1. The van der Waals surface area contributed by atoms with E-state index in [2.05, 4.69) is 25.5 Å². The number of benzene rings is 2. The predicted molar refractivity (Wildman–Crippen MR) is 135 cm³/mol. The highest BCUT2D eigenvalue weighted by atomic mass is 35.5. The van der Waals surface area contributed by atoms with Gasteiger partial charge in [-0.05, 0) is 48.7 Å². The van der Waals surface area contributed by atoms with E-state index >= 15 is 0 Å². The van der Waals surface area contributed by atoms with Crippen LogP contribution in [-0.2, 0) is 18.7 Å². The zero-order valence-corrected chi connectivity index (χ0v) is 19.1. The zero-order valence-electron chi connectivity index (χ0n) is 18.3. The summed E-state index contributed by atoms with van der Waals surface area (Å²) >= 11 is 6.17. The minimum atomic E-state index is -0.162. The quantitative estimate of drug-likeness (QED) is 0.296. The Morgan fingerprint density at radius 2 is 1.82 bits per heavy atom. The van der Waals surface area contributed by atoms with Crippen molar-refractivity contribution in [1.29, 1.82) is 0 Å². The van der Waals surface area contributed by atoms with Crippen molar-refractivity contribution in [2.24, 2.45) is 0 Å². The van der Waals surface area contributed by atoms with Crippen LogP contribution >= 0.6 is 11.6 Å². The summed E-state index contributed by atoms with van der Waals surface area (Å²) in [5.74, 6) is 0.171. The molecule has 2 aromatic carbocycles. The molecule has 0 aliphatic heterocycles. The molecule has 0 aliphatic carbocycles. The minimum absolute atomic E-state index is 0.162. The molecule has 0 saturated carbocycles. The molecule has 0 aliphatic rings. The van der Waals surface area contributed by atoms with Gasteiger partial charge >= 0.3 is 0 Å². The molecule has 3 aromatic heterocycles. The number of amides is 1. The van der Waals surface area contributed by atoms with Crippen LogP contribution in [0.4, 0.5) is 5.69 Å². The summed E-state index contributed by atoms with van der Waals surface area (Å²) in [6.07, 6.45) is 6.55. The smallest absolute Gasteiger partial charge is 0.255 e. The normalized spacial score (nSPS) is 11.0. The number of halogens is 1. The largest absolute Gasteiger partial charge is 0.321 e. The zero-order chi connectivity index (χ0) is 23.3. The van der Waals surface area contributed by atoms with Gasteiger partial charge in [0, 0.05) is 34.5 Å². The number of anilines is 1. The molecule has 6 nitrogen and oxygen atoms in total. The monoisotopic (exact) mass is 467 g/mol. The fraction of sp³-hybridized carbons (Fsp3) is 0.111. The van der Waals surface area contributed by atoms with Gasteiger partial charge in [0.2, 0.25) is 0 Å². The van der Waals surface area contributed by atoms with E-state index in [9.17, 15) is 4.79 Å². The Kier molecular flexibility index (Phi) is 6.31. The third-order valence-electron chi connectivity index (χ3n) is 5.78. The minimum Gasteiger partial charge on any atom is -0.321 e. The summed E-state index contributed by atoms with van der Waals surface area (Å²) in [5, 5.41) is 11.5. The summed E-state index contributed by atoms with van der Waals surface area (Å²) in [5.41, 5.74) is 6.83. The van der Waals surface area contributed by atoms with Crippen molar-refractivity contribution in [3.05, 3.63) is 108 Å². The molecule has 5 rings (SSSR count). The molecular formula is C27H22ClN5O. The number of carbonyl (C=O) groups excluding carboxylic acids is 1. The second-order valence-electron chi connectivity index (χ2n) is 7.93. The lowest BCUT2D eigenvalue weighted by atomic mass is 9.97. The molecule has 3 heterocycles. The molecule has 1 amide bonds. The van der Waals surface area contributed by atoms with E-state index in [1.807, 2.05) is 66.7 Å². The van der Waals surface area contributed by atoms with Crippen molar-refractivity contribution >= 4 is 34.1 Å². The predicted octanol–water partition coefficient (Wildman–Crippen LogP) is 5.80. The Morgan fingerprint density at radius 3 is 2.68 bits per heavy atom. The van der Waals surface area contributed by atoms with Crippen molar-refractivity contribution in [3.8, 4) is 11.3 Å². The fourth-order valence-electron chi connectivity index (χ4n) is 4.08. The lowest BCUT2D eigenvalue weighted by Gasteiger charge is -2.11. The molecule has 0 bridgehead atoms. The lowest BCUT2D eigenvalue weighted by Crippen LogP contribution is -2.15. The van der Waals surface area contributed by atoms with Crippen LogP contribution in [-0.4, -0.2) is 26.1 Å². The standard InChI is InChI=1S/C27H22ClN5O/c28-15-25-23(26(33-32-25)20-8-5-13-29-16-20)12-11-18-6-1-3-9-22(18)27(34)31-21-14-19-7-2-4-10-24(19)30-17-21/h1-10,13-14,16-17H,11-12,15H2,(H,31,34)(H,32,33). The number of pyridine rings is 2. The number of hydrogen-bond acceptors (Lipinski definition) is 4. The van der Waals surface area contributed by atoms with Gasteiger partial charge in [0.05, 0.1) is 34.7 Å². The first kappa shape index (κ1) is 21.8. The number of rotatable bonds is 7. The number of fused-ring (bicyclic) bond motifs is 1. The van der Waals surface area contributed by atoms with Crippen LogP contribution in [0.2, 0.25) is 0 Å². The van der Waals surface area contributed by atoms with Gasteiger partial charge in [-0.1, -0.05) is 36.4 Å². The van der Waals surface area contributed by atoms with E-state index in [0.717, 1.165) is 39.0 Å². The van der Waals surface area contributed by atoms with Gasteiger partial charge in [-0.2, -0.15) is 5.10 Å². The van der Waals surface area contributed by atoms with Crippen LogP contribution in [0.15, 0.2) is 85.3 Å². The van der Waals surface area contributed by atoms with Crippen LogP contribution < -0.4 is 5.32 Å². The van der Waals surface area contributed by atoms with E-state index < -0.39 is 0 Å². The van der Waals surface area contributed by atoms with Crippen molar-refractivity contribution < 1.29 is 4.79 Å². The number of nitrogens with one attached hydrogen (secondary N) is 2. The second kappa shape index (κ2) is 9.85. The molecule has 34 heavy (non-hydrogen) atoms. The topological polar surface area (TPSA) is 83.6 Å². The van der Waals surface area contributed by atoms with Crippen LogP contribution in [0.3, 0.4) is 0 Å². The van der Waals surface area contributed by atoms with Crippen LogP contribution in [0.1, 0.15) is 27.2 Å². The Labute approximate surface area is 202 Å². The third kappa shape index (κ3) is 4.54. The maximum Gasteiger partial charge on any atom is 0.255 e. The number of carbonyl (C=O) groups is 1. The number of para-hydroxylation sites is 1. The maximum atomic E-state index is 13.2. The molecular weight excluding hydrogens is 446 g/mol. The molecule has 0 saturated heterocycles. The van der Waals surface area contributed by atoms with Crippen molar-refractivity contribution in [3.63, 3.8) is 0 Å². The Bertz CT molecular complexity index is 1450. The first-order valence-corrected chi connectivity index (χ1v) is 11.5. The highest BCUT2D eigenvalue weighted by Crippen LogP contribution is 2.26. The second-order valence-corrected chi connectivity index (χ2v) is 8.20. The van der Waals surface area contributed by atoms with Crippen molar-refractivity contribution in [2.75, 3.05) is 5.32 Å². The first-order valence-electron chi connectivity index (χ1n) is 11.0. The first-order chi connectivity index (χ1) is 16.7. The summed E-state index contributed by atoms with van der Waals surface area (Å²) in [6.45, 7) is 0. The van der Waals surface area contributed by atoms with Gasteiger partial charge in [0.25, 0.3) is 5.91 Å². The molecule has 0 unspecified atom stereocenters. The number of aryl methyl sites for hydroxylation is 1. The third-order valence-corrected chi connectivity index (χ3v) is 6.04. The molecule has 5 aromatic rings. The van der Waals surface area contributed by atoms with Crippen LogP contribution in [0, 0.1) is 0 Å². The molecule has 168 valence electrons. The van der Waals surface area contributed by atoms with E-state index in [0.29, 0.717) is 30.0 Å². The Hall–Kier alpha value is -4.03. The van der Waals surface area contributed by atoms with Gasteiger partial charge in [-0.3, -0.25) is 19.9 Å². The van der Waals surface area contributed by atoms with Crippen molar-refractivity contribution in [2.45, 2.75) is 18.7 Å². The fourth-order valence-corrected chi connectivity index (χ4v) is 4.30. The van der Waals surface area contributed by atoms with E-state index in [-0.39, 0.29) is 5.91 Å². The number of hydrogen-bond donors (Lipinski definition) is 2. The van der Waals surface area contributed by atoms with E-state index in [1.54, 1.807) is 18.6 Å². The summed E-state index contributed by atoms with van der Waals surface area (Å²) < 4.78 is 0. The van der Waals surface area contributed by atoms with Gasteiger partial charge < -0.3 is 5.32 Å². The van der Waals surface area contributed by atoms with Gasteiger partial charge in [0.15, 0.2) is 0 Å². The molecule has 7 heteroatoms. The Balaban J connectivity index is 1.38. The van der Waals surface area contributed by atoms with Gasteiger partial charge in [0.1, 0.15) is 0 Å². The highest BCUT2D eigenvalue weighted by Gasteiger charge is 2.17. The molecule has 0 atom stereocenters. The van der Waals surface area contributed by atoms with Gasteiger partial charge in [-0.25, -0.2) is 0 Å². The van der Waals surface area contributed by atoms with Crippen molar-refractivity contribution in [1.82, 2.24) is 20.2 Å². The van der Waals surface area contributed by atoms with Crippen LogP contribution in [0.25, 0.3) is 22.2 Å². The summed E-state index contributed by atoms with van der Waals surface area (Å²) in [7, 11) is 0. The molecule has 0 fully saturated rings. The SMILES string of the molecule is O=C(Nc1cnc2ccccc2c1)c1ccccc1CCc1c(-c2cccnc2)n[nH]c1CCl. The number of H-pyrrole nitrogens is 1.